The van der Waals surface area contributed by atoms with Crippen LogP contribution in [0.15, 0.2) is 0 Å². The smallest absolute Gasteiger partial charge is 0.186 e. The summed E-state index contributed by atoms with van der Waals surface area (Å²) in [6, 6.07) is 0. The zero-order chi connectivity index (χ0) is 29.3. The molecule has 0 unspecified atom stereocenters. The Balaban J connectivity index is 1.56. The van der Waals surface area contributed by atoms with Gasteiger partial charge in [-0.2, -0.15) is 0 Å². The molecule has 10 atom stereocenters. The van der Waals surface area contributed by atoms with E-state index < -0.39 is 74.6 Å². The molecule has 2 fully saturated rings. The third-order valence-corrected chi connectivity index (χ3v) is 7.59. The molecule has 0 aliphatic carbocycles. The highest BCUT2D eigenvalue weighted by Gasteiger charge is 2.47. The van der Waals surface area contributed by atoms with Gasteiger partial charge in [0.1, 0.15) is 48.8 Å². The second-order valence-corrected chi connectivity index (χ2v) is 10.9. The van der Waals surface area contributed by atoms with Gasteiger partial charge in [-0.3, -0.25) is 0 Å². The number of rotatable bonds is 21. The predicted octanol–water partition coefficient (Wildman–Crippen LogP) is 0.345. The predicted molar refractivity (Wildman–Crippen MR) is 144 cm³/mol. The van der Waals surface area contributed by atoms with Crippen LogP contribution in [0.25, 0.3) is 0 Å². The van der Waals surface area contributed by atoms with Gasteiger partial charge in [-0.25, -0.2) is 0 Å². The second kappa shape index (κ2) is 20.4. The van der Waals surface area contributed by atoms with Crippen molar-refractivity contribution in [2.75, 3.05) is 33.0 Å². The zero-order valence-electron chi connectivity index (χ0n) is 24.0. The Kier molecular flexibility index (Phi) is 18.2. The van der Waals surface area contributed by atoms with Gasteiger partial charge in [-0.1, -0.05) is 77.6 Å². The first kappa shape index (κ1) is 35.7. The van der Waals surface area contributed by atoms with E-state index in [9.17, 15) is 35.7 Å². The Morgan fingerprint density at radius 3 is 1.52 bits per heavy atom. The molecule has 2 heterocycles. The summed E-state index contributed by atoms with van der Waals surface area (Å²) in [4.78, 5) is 0. The monoisotopic (exact) mass is 582 g/mol. The summed E-state index contributed by atoms with van der Waals surface area (Å²) in [6.07, 6.45) is 0.838. The topological polar surface area (TPSA) is 188 Å². The number of aliphatic hydroxyl groups excluding tert-OH is 7. The van der Waals surface area contributed by atoms with Crippen molar-refractivity contribution in [2.45, 2.75) is 145 Å². The zero-order valence-corrected chi connectivity index (χ0v) is 24.0. The molecule has 0 radical (unpaired) electrons. The van der Waals surface area contributed by atoms with Crippen LogP contribution in [0.5, 0.6) is 0 Å². The molecular formula is C28H54O12. The molecule has 2 aliphatic heterocycles. The summed E-state index contributed by atoms with van der Waals surface area (Å²) in [6.45, 7) is 2.20. The van der Waals surface area contributed by atoms with Crippen molar-refractivity contribution in [1.29, 1.82) is 0 Å². The number of ether oxygens (including phenoxy) is 5. The Morgan fingerprint density at radius 1 is 0.500 bits per heavy atom. The third-order valence-electron chi connectivity index (χ3n) is 7.59. The Hall–Kier alpha value is -0.480. The molecule has 40 heavy (non-hydrogen) atoms. The van der Waals surface area contributed by atoms with Crippen LogP contribution in [0, 0.1) is 0 Å². The van der Waals surface area contributed by atoms with Gasteiger partial charge < -0.3 is 59.4 Å². The van der Waals surface area contributed by atoms with Crippen LogP contribution in [0.2, 0.25) is 0 Å². The average Bonchev–Trinajstić information content (AvgIpc) is 2.95. The Morgan fingerprint density at radius 2 is 0.975 bits per heavy atom. The molecule has 0 aromatic rings. The summed E-state index contributed by atoms with van der Waals surface area (Å²) in [5, 5.41) is 69.9. The molecule has 0 aromatic heterocycles. The van der Waals surface area contributed by atoms with E-state index in [4.69, 9.17) is 23.7 Å². The summed E-state index contributed by atoms with van der Waals surface area (Å²) >= 11 is 0. The SMILES string of the molecule is CCCCCCCCCCCCCCOCCO[C@@H]1O[C@H](CO[C@@H]2O[C@H](CO)[C@H](O)[C@H](O)[C@H]2O)[C@@H](O)[C@H](O)[C@H]1O. The molecule has 2 saturated heterocycles. The van der Waals surface area contributed by atoms with E-state index in [-0.39, 0.29) is 13.2 Å². The van der Waals surface area contributed by atoms with Gasteiger partial charge in [0.05, 0.1) is 26.4 Å². The maximum atomic E-state index is 10.3. The number of unbranched alkanes of at least 4 members (excludes halogenated alkanes) is 11. The number of aliphatic hydroxyl groups is 7. The fourth-order valence-corrected chi connectivity index (χ4v) is 4.96. The first-order valence-corrected chi connectivity index (χ1v) is 15.1. The molecule has 12 heteroatoms. The summed E-state index contributed by atoms with van der Waals surface area (Å²) in [5.41, 5.74) is 0. The summed E-state index contributed by atoms with van der Waals surface area (Å²) in [5.74, 6) is 0. The van der Waals surface area contributed by atoms with Crippen LogP contribution >= 0.6 is 0 Å². The lowest BCUT2D eigenvalue weighted by Crippen LogP contribution is -2.61. The van der Waals surface area contributed by atoms with Crippen LogP contribution < -0.4 is 0 Å². The van der Waals surface area contributed by atoms with E-state index in [1.807, 2.05) is 0 Å². The summed E-state index contributed by atoms with van der Waals surface area (Å²) < 4.78 is 27.4. The lowest BCUT2D eigenvalue weighted by molar-refractivity contribution is -0.331. The quantitative estimate of drug-likeness (QED) is 0.0922. The molecule has 0 amide bonds. The molecular weight excluding hydrogens is 528 g/mol. The average molecular weight is 583 g/mol. The van der Waals surface area contributed by atoms with Crippen molar-refractivity contribution < 1.29 is 59.4 Å². The van der Waals surface area contributed by atoms with E-state index >= 15 is 0 Å². The molecule has 0 saturated carbocycles. The van der Waals surface area contributed by atoms with Crippen molar-refractivity contribution in [3.05, 3.63) is 0 Å². The van der Waals surface area contributed by atoms with Gasteiger partial charge in [0.2, 0.25) is 0 Å². The Labute approximate surface area is 238 Å². The fraction of sp³-hybridized carbons (Fsp3) is 1.00. The van der Waals surface area contributed by atoms with Crippen molar-refractivity contribution >= 4 is 0 Å². The number of hydrogen-bond donors (Lipinski definition) is 7. The van der Waals surface area contributed by atoms with Gasteiger partial charge in [-0.15, -0.1) is 0 Å². The molecule has 2 aliphatic rings. The van der Waals surface area contributed by atoms with Crippen LogP contribution in [0.1, 0.15) is 84.0 Å². The van der Waals surface area contributed by atoms with Crippen LogP contribution in [0.4, 0.5) is 0 Å². The van der Waals surface area contributed by atoms with Crippen molar-refractivity contribution in [2.24, 2.45) is 0 Å². The summed E-state index contributed by atoms with van der Waals surface area (Å²) in [7, 11) is 0. The number of hydrogen-bond acceptors (Lipinski definition) is 12. The van der Waals surface area contributed by atoms with Crippen molar-refractivity contribution in [3.8, 4) is 0 Å². The molecule has 238 valence electrons. The molecule has 7 N–H and O–H groups in total. The van der Waals surface area contributed by atoms with Crippen LogP contribution in [-0.4, -0.2) is 130 Å². The largest absolute Gasteiger partial charge is 0.394 e. The Bertz CT molecular complexity index is 626. The van der Waals surface area contributed by atoms with Crippen LogP contribution in [0.3, 0.4) is 0 Å². The molecule has 2 rings (SSSR count). The normalized spacial score (nSPS) is 34.8. The molecule has 12 nitrogen and oxygen atoms in total. The van der Waals surface area contributed by atoms with Crippen molar-refractivity contribution in [1.82, 2.24) is 0 Å². The van der Waals surface area contributed by atoms with E-state index in [2.05, 4.69) is 6.92 Å². The highest BCUT2D eigenvalue weighted by atomic mass is 16.7. The third kappa shape index (κ3) is 12.0. The minimum Gasteiger partial charge on any atom is -0.394 e. The van der Waals surface area contributed by atoms with E-state index in [0.29, 0.717) is 6.61 Å². The first-order chi connectivity index (χ1) is 19.3. The minimum atomic E-state index is -1.62. The lowest BCUT2D eigenvalue weighted by atomic mass is 9.98. The van der Waals surface area contributed by atoms with Crippen LogP contribution in [-0.2, 0) is 23.7 Å². The van der Waals surface area contributed by atoms with E-state index in [0.717, 1.165) is 12.8 Å². The molecule has 0 spiro atoms. The lowest BCUT2D eigenvalue weighted by Gasteiger charge is -2.42. The van der Waals surface area contributed by atoms with Gasteiger partial charge in [0.25, 0.3) is 0 Å². The highest BCUT2D eigenvalue weighted by molar-refractivity contribution is 4.91. The second-order valence-electron chi connectivity index (χ2n) is 10.9. The van der Waals surface area contributed by atoms with Gasteiger partial charge in [0.15, 0.2) is 12.6 Å². The highest BCUT2D eigenvalue weighted by Crippen LogP contribution is 2.26. The first-order valence-electron chi connectivity index (χ1n) is 15.1. The van der Waals surface area contributed by atoms with E-state index in [1.165, 1.54) is 64.2 Å². The minimum absolute atomic E-state index is 0.100. The van der Waals surface area contributed by atoms with Gasteiger partial charge in [0, 0.05) is 6.61 Å². The molecule has 0 bridgehead atoms. The van der Waals surface area contributed by atoms with Crippen molar-refractivity contribution in [3.63, 3.8) is 0 Å². The van der Waals surface area contributed by atoms with Gasteiger partial charge in [-0.05, 0) is 6.42 Å². The standard InChI is InChI=1S/C28H54O12/c1-2-3-4-5-6-7-8-9-10-11-12-13-14-36-15-16-37-27-25(34)24(33)22(31)20(40-27)18-38-28-26(35)23(32)21(30)19(17-29)39-28/h19-35H,2-18H2,1H3/t19-,20-,21+,22-,23+,24+,25-,26-,27-,28-/m1/s1. The molecule has 0 aromatic carbocycles. The maximum absolute atomic E-state index is 10.3. The maximum Gasteiger partial charge on any atom is 0.186 e. The van der Waals surface area contributed by atoms with E-state index in [1.54, 1.807) is 0 Å². The fourth-order valence-electron chi connectivity index (χ4n) is 4.96. The van der Waals surface area contributed by atoms with Gasteiger partial charge >= 0.3 is 0 Å².